The van der Waals surface area contributed by atoms with Gasteiger partial charge in [0.2, 0.25) is 0 Å². The van der Waals surface area contributed by atoms with Gasteiger partial charge in [-0.15, -0.1) is 0 Å². The van der Waals surface area contributed by atoms with E-state index < -0.39 is 15.5 Å². The highest BCUT2D eigenvalue weighted by Crippen LogP contribution is 2.38. The van der Waals surface area contributed by atoms with Crippen LogP contribution in [0.4, 0.5) is 18.9 Å². The normalized spacial score (nSPS) is 23.6. The molecule has 1 aromatic rings. The Kier molecular flexibility index (Phi) is 4.01. The third-order valence-electron chi connectivity index (χ3n) is 4.49. The van der Waals surface area contributed by atoms with Crippen molar-refractivity contribution in [3.8, 4) is 0 Å². The van der Waals surface area contributed by atoms with Crippen LogP contribution in [0.5, 0.6) is 0 Å². The summed E-state index contributed by atoms with van der Waals surface area (Å²) in [6, 6.07) is 3.06. The topological polar surface area (TPSA) is 67.8 Å². The summed E-state index contributed by atoms with van der Waals surface area (Å²) in [5.41, 5.74) is -2.94. The van der Waals surface area contributed by atoms with E-state index in [1.54, 1.807) is 17.7 Å². The van der Waals surface area contributed by atoms with Gasteiger partial charge in [0.1, 0.15) is 6.10 Å². The van der Waals surface area contributed by atoms with Crippen LogP contribution in [0, 0.1) is 19.8 Å². The van der Waals surface area contributed by atoms with Crippen molar-refractivity contribution < 1.29 is 26.4 Å². The van der Waals surface area contributed by atoms with Crippen molar-refractivity contribution in [1.29, 1.82) is 0 Å². The molecule has 2 aliphatic rings. The molecular formula is C15H17F3N2O3S. The van der Waals surface area contributed by atoms with E-state index in [0.717, 1.165) is 24.8 Å². The molecule has 1 fully saturated rings. The molecule has 2 atom stereocenters. The fourth-order valence-electron chi connectivity index (χ4n) is 3.25. The molecule has 0 saturated heterocycles. The number of nitrogens with zero attached hydrogens (tertiary/aromatic N) is 1. The van der Waals surface area contributed by atoms with Crippen molar-refractivity contribution in [2.24, 2.45) is 11.1 Å². The second-order valence-electron chi connectivity index (χ2n) is 6.19. The number of hydrogen-bond donors (Lipinski definition) is 1. The Morgan fingerprint density at radius 2 is 1.92 bits per heavy atom. The zero-order chi connectivity index (χ0) is 17.7. The van der Waals surface area contributed by atoms with E-state index in [1.807, 2.05) is 6.92 Å². The van der Waals surface area contributed by atoms with E-state index in [-0.39, 0.29) is 17.7 Å². The van der Waals surface area contributed by atoms with Gasteiger partial charge in [0, 0.05) is 11.5 Å². The lowest BCUT2D eigenvalue weighted by atomic mass is 9.90. The first-order valence-corrected chi connectivity index (χ1v) is 9.03. The second kappa shape index (κ2) is 5.65. The number of fused-ring (bicyclic) bond motifs is 1. The predicted octanol–water partition coefficient (Wildman–Crippen LogP) is 3.47. The minimum atomic E-state index is -5.47. The lowest BCUT2D eigenvalue weighted by Crippen LogP contribution is -2.30. The Balaban J connectivity index is 1.98. The van der Waals surface area contributed by atoms with Crippen molar-refractivity contribution in [3.63, 3.8) is 0 Å². The Morgan fingerprint density at radius 3 is 2.58 bits per heavy atom. The number of hydrogen-bond acceptors (Lipinski definition) is 4. The Labute approximate surface area is 137 Å². The predicted molar refractivity (Wildman–Crippen MR) is 83.3 cm³/mol. The molecule has 1 aromatic carbocycles. The summed E-state index contributed by atoms with van der Waals surface area (Å²) in [6.07, 6.45) is 2.82. The van der Waals surface area contributed by atoms with E-state index in [9.17, 15) is 21.6 Å². The maximum absolute atomic E-state index is 12.6. The third-order valence-corrected chi connectivity index (χ3v) is 5.58. The summed E-state index contributed by atoms with van der Waals surface area (Å²) >= 11 is 0. The number of oxime groups is 1. The number of benzene rings is 1. The molecule has 1 aliphatic carbocycles. The Bertz CT molecular complexity index is 803. The zero-order valence-electron chi connectivity index (χ0n) is 13.1. The number of nitrogens with one attached hydrogen (secondary N) is 1. The largest absolute Gasteiger partial charge is 0.516 e. The molecule has 24 heavy (non-hydrogen) atoms. The summed E-state index contributed by atoms with van der Waals surface area (Å²) < 4.78 is 62.2. The summed E-state index contributed by atoms with van der Waals surface area (Å²) in [4.78, 5) is 5.39. The first-order valence-electron chi connectivity index (χ1n) is 7.54. The fraction of sp³-hybridized carbons (Fsp3) is 0.533. The molecule has 132 valence electrons. The van der Waals surface area contributed by atoms with E-state index >= 15 is 0 Å². The summed E-state index contributed by atoms with van der Waals surface area (Å²) in [6.45, 7) is 3.37. The highest BCUT2D eigenvalue weighted by molar-refractivity contribution is 7.93. The fourth-order valence-corrected chi connectivity index (χ4v) is 3.87. The average Bonchev–Trinajstić information content (AvgIpc) is 3.03. The maximum Gasteiger partial charge on any atom is 0.516 e. The molecule has 0 bridgehead atoms. The standard InChI is InChI=1S/C15H17F3N2O3S/c1-8-6-9(2)12(20-24(21,22)15(16,17)18)7-11(8)14-10-4-3-5-13(10)23-19-14/h6-7,10,13,20H,3-5H2,1-2H3. The van der Waals surface area contributed by atoms with Crippen LogP contribution < -0.4 is 4.72 Å². The van der Waals surface area contributed by atoms with Crippen molar-refractivity contribution >= 4 is 21.4 Å². The molecule has 1 N–H and O–H groups in total. The van der Waals surface area contributed by atoms with Gasteiger partial charge in [-0.05, 0) is 50.3 Å². The Morgan fingerprint density at radius 1 is 1.21 bits per heavy atom. The molecule has 0 aromatic heterocycles. The molecule has 1 aliphatic heterocycles. The summed E-state index contributed by atoms with van der Waals surface area (Å²) in [5, 5.41) is 4.08. The van der Waals surface area contributed by atoms with Crippen molar-refractivity contribution in [2.75, 3.05) is 4.72 Å². The molecule has 0 spiro atoms. The molecule has 0 amide bonds. The van der Waals surface area contributed by atoms with E-state index in [1.165, 1.54) is 6.07 Å². The SMILES string of the molecule is Cc1cc(C)c(C2=NOC3CCCC23)cc1NS(=O)(=O)C(F)(F)F. The first kappa shape index (κ1) is 17.1. The highest BCUT2D eigenvalue weighted by Gasteiger charge is 2.46. The van der Waals surface area contributed by atoms with E-state index in [4.69, 9.17) is 4.84 Å². The van der Waals surface area contributed by atoms with Crippen molar-refractivity contribution in [3.05, 3.63) is 28.8 Å². The first-order chi connectivity index (χ1) is 11.1. The molecule has 2 unspecified atom stereocenters. The molecule has 5 nitrogen and oxygen atoms in total. The monoisotopic (exact) mass is 362 g/mol. The number of alkyl halides is 3. The van der Waals surface area contributed by atoms with Gasteiger partial charge in [0.05, 0.1) is 11.4 Å². The lowest BCUT2D eigenvalue weighted by Gasteiger charge is -2.17. The minimum absolute atomic E-state index is 0.0102. The van der Waals surface area contributed by atoms with Crippen LogP contribution in [0.15, 0.2) is 17.3 Å². The Hall–Kier alpha value is -1.77. The van der Waals surface area contributed by atoms with Gasteiger partial charge in [-0.1, -0.05) is 11.2 Å². The van der Waals surface area contributed by atoms with Gasteiger partial charge in [-0.3, -0.25) is 4.72 Å². The summed E-state index contributed by atoms with van der Waals surface area (Å²) in [7, 11) is -5.47. The molecule has 0 radical (unpaired) electrons. The van der Waals surface area contributed by atoms with E-state index in [0.29, 0.717) is 16.8 Å². The van der Waals surface area contributed by atoms with Crippen LogP contribution in [0.1, 0.15) is 36.0 Å². The second-order valence-corrected chi connectivity index (χ2v) is 7.86. The van der Waals surface area contributed by atoms with Crippen LogP contribution in [-0.4, -0.2) is 25.7 Å². The molecule has 3 rings (SSSR count). The van der Waals surface area contributed by atoms with Gasteiger partial charge in [0.25, 0.3) is 0 Å². The van der Waals surface area contributed by atoms with Gasteiger partial charge in [-0.2, -0.15) is 21.6 Å². The molecule has 1 saturated carbocycles. The number of aryl methyl sites for hydroxylation is 2. The number of anilines is 1. The lowest BCUT2D eigenvalue weighted by molar-refractivity contribution is -0.0429. The zero-order valence-corrected chi connectivity index (χ0v) is 14.0. The average molecular weight is 362 g/mol. The quantitative estimate of drug-likeness (QED) is 0.895. The smallest absolute Gasteiger partial charge is 0.392 e. The third kappa shape index (κ3) is 2.85. The van der Waals surface area contributed by atoms with Crippen molar-refractivity contribution in [2.45, 2.75) is 44.7 Å². The van der Waals surface area contributed by atoms with Crippen LogP contribution >= 0.6 is 0 Å². The molecule has 9 heteroatoms. The van der Waals surface area contributed by atoms with Gasteiger partial charge in [0.15, 0.2) is 0 Å². The minimum Gasteiger partial charge on any atom is -0.392 e. The number of rotatable bonds is 3. The molecule has 1 heterocycles. The van der Waals surface area contributed by atoms with Crippen molar-refractivity contribution in [1.82, 2.24) is 0 Å². The van der Waals surface area contributed by atoms with Gasteiger partial charge >= 0.3 is 15.5 Å². The van der Waals surface area contributed by atoms with Gasteiger partial charge in [-0.25, -0.2) is 0 Å². The molecular weight excluding hydrogens is 345 g/mol. The number of sulfonamides is 1. The summed E-state index contributed by atoms with van der Waals surface area (Å²) in [5.74, 6) is 0.110. The van der Waals surface area contributed by atoms with Crippen LogP contribution in [-0.2, 0) is 14.9 Å². The van der Waals surface area contributed by atoms with Crippen LogP contribution in [0.3, 0.4) is 0 Å². The van der Waals surface area contributed by atoms with Crippen LogP contribution in [0.25, 0.3) is 0 Å². The maximum atomic E-state index is 12.6. The van der Waals surface area contributed by atoms with E-state index in [2.05, 4.69) is 5.16 Å². The van der Waals surface area contributed by atoms with Gasteiger partial charge < -0.3 is 4.84 Å². The highest BCUT2D eigenvalue weighted by atomic mass is 32.2. The number of halogens is 3. The van der Waals surface area contributed by atoms with Crippen LogP contribution in [0.2, 0.25) is 0 Å².